The Hall–Kier alpha value is -2.57. The standard InChI is InChI=1S/C23H29N3O4/c27-21(26-12-3-6-15-5-1-2-7-18(15)26)14-30-23(29)16-9-10-19-17(13-16)24-22(28)20-8-4-11-25(19)20/h9-10,13,15,18,20H,1-8,11-12,14H2,(H,24,28)/t15-,18+,20+/m0/s1. The predicted molar refractivity (Wildman–Crippen MR) is 112 cm³/mol. The molecule has 1 aromatic rings. The van der Waals surface area contributed by atoms with Crippen LogP contribution in [-0.4, -0.2) is 54.5 Å². The van der Waals surface area contributed by atoms with Crippen LogP contribution in [0.3, 0.4) is 0 Å². The molecule has 5 rings (SSSR count). The molecule has 7 nitrogen and oxygen atoms in total. The quantitative estimate of drug-likeness (QED) is 0.774. The molecule has 0 aromatic heterocycles. The number of hydrogen-bond donors (Lipinski definition) is 1. The van der Waals surface area contributed by atoms with Crippen molar-refractivity contribution in [3.05, 3.63) is 23.8 Å². The van der Waals surface area contributed by atoms with Crippen LogP contribution < -0.4 is 10.2 Å². The number of carbonyl (C=O) groups excluding carboxylic acids is 3. The highest BCUT2D eigenvalue weighted by Gasteiger charge is 2.37. The van der Waals surface area contributed by atoms with E-state index in [1.807, 2.05) is 11.0 Å². The van der Waals surface area contributed by atoms with Crippen LogP contribution in [-0.2, 0) is 14.3 Å². The van der Waals surface area contributed by atoms with Gasteiger partial charge in [-0.2, -0.15) is 0 Å². The number of ether oxygens (including phenoxy) is 1. The van der Waals surface area contributed by atoms with Gasteiger partial charge in [-0.1, -0.05) is 12.8 Å². The Bertz CT molecular complexity index is 868. The Labute approximate surface area is 176 Å². The Morgan fingerprint density at radius 1 is 1.03 bits per heavy atom. The van der Waals surface area contributed by atoms with Crippen molar-refractivity contribution < 1.29 is 19.1 Å². The van der Waals surface area contributed by atoms with Gasteiger partial charge in [0.05, 0.1) is 16.9 Å². The van der Waals surface area contributed by atoms with E-state index in [0.29, 0.717) is 23.2 Å². The van der Waals surface area contributed by atoms with Gasteiger partial charge in [0.25, 0.3) is 5.91 Å². The SMILES string of the molecule is O=C(OCC(=O)N1CCC[C@@H]2CCCC[C@H]21)c1ccc2c(c1)NC(=O)[C@H]1CCCN21. The molecule has 3 aliphatic heterocycles. The Morgan fingerprint density at radius 2 is 1.83 bits per heavy atom. The summed E-state index contributed by atoms with van der Waals surface area (Å²) in [6.45, 7) is 1.39. The minimum atomic E-state index is -0.527. The van der Waals surface area contributed by atoms with Gasteiger partial charge < -0.3 is 19.9 Å². The zero-order valence-corrected chi connectivity index (χ0v) is 17.3. The normalized spacial score (nSPS) is 27.6. The van der Waals surface area contributed by atoms with Crippen LogP contribution in [0.5, 0.6) is 0 Å². The minimum absolute atomic E-state index is 0.0205. The molecule has 30 heavy (non-hydrogen) atoms. The lowest BCUT2D eigenvalue weighted by molar-refractivity contribution is -0.140. The highest BCUT2D eigenvalue weighted by Crippen LogP contribution is 2.37. The fraction of sp³-hybridized carbons (Fsp3) is 0.609. The first-order chi connectivity index (χ1) is 14.6. The molecular weight excluding hydrogens is 382 g/mol. The maximum atomic E-state index is 12.8. The third-order valence-electron chi connectivity index (χ3n) is 7.25. The number of amides is 2. The van der Waals surface area contributed by atoms with Gasteiger partial charge in [-0.05, 0) is 62.6 Å². The molecule has 0 spiro atoms. The number of esters is 1. The molecule has 1 N–H and O–H groups in total. The predicted octanol–water partition coefficient (Wildman–Crippen LogP) is 2.95. The van der Waals surface area contributed by atoms with Crippen molar-refractivity contribution in [1.82, 2.24) is 4.90 Å². The van der Waals surface area contributed by atoms with Crippen LogP contribution in [0, 0.1) is 5.92 Å². The first-order valence-electron chi connectivity index (χ1n) is 11.3. The molecule has 160 valence electrons. The molecule has 1 saturated carbocycles. The Morgan fingerprint density at radius 3 is 2.73 bits per heavy atom. The zero-order valence-electron chi connectivity index (χ0n) is 17.3. The van der Waals surface area contributed by atoms with Gasteiger partial charge in [0.2, 0.25) is 5.91 Å². The molecule has 4 aliphatic rings. The molecular formula is C23H29N3O4. The summed E-state index contributed by atoms with van der Waals surface area (Å²) in [5.41, 5.74) is 1.94. The number of nitrogens with zero attached hydrogens (tertiary/aromatic N) is 2. The summed E-state index contributed by atoms with van der Waals surface area (Å²) in [5.74, 6) is -0.0362. The third kappa shape index (κ3) is 3.44. The molecule has 3 atom stereocenters. The summed E-state index contributed by atoms with van der Waals surface area (Å²) in [5, 5.41) is 2.91. The van der Waals surface area contributed by atoms with Crippen molar-refractivity contribution in [3.63, 3.8) is 0 Å². The number of piperidine rings is 1. The van der Waals surface area contributed by atoms with Crippen LogP contribution in [0.1, 0.15) is 61.7 Å². The zero-order chi connectivity index (χ0) is 20.7. The molecule has 3 heterocycles. The van der Waals surface area contributed by atoms with Crippen LogP contribution >= 0.6 is 0 Å². The van der Waals surface area contributed by atoms with Gasteiger partial charge in [-0.25, -0.2) is 4.79 Å². The van der Waals surface area contributed by atoms with E-state index in [2.05, 4.69) is 10.2 Å². The van der Waals surface area contributed by atoms with Gasteiger partial charge in [0, 0.05) is 19.1 Å². The van der Waals surface area contributed by atoms with Crippen molar-refractivity contribution in [3.8, 4) is 0 Å². The van der Waals surface area contributed by atoms with E-state index < -0.39 is 5.97 Å². The average molecular weight is 412 g/mol. The van der Waals surface area contributed by atoms with Crippen LogP contribution in [0.15, 0.2) is 18.2 Å². The molecule has 3 fully saturated rings. The van der Waals surface area contributed by atoms with Crippen molar-refractivity contribution in [2.24, 2.45) is 5.92 Å². The van der Waals surface area contributed by atoms with Gasteiger partial charge in [0.1, 0.15) is 6.04 Å². The highest BCUT2D eigenvalue weighted by atomic mass is 16.5. The summed E-state index contributed by atoms with van der Waals surface area (Å²) in [6, 6.07) is 5.44. The molecule has 0 unspecified atom stereocenters. The lowest BCUT2D eigenvalue weighted by Crippen LogP contribution is -2.50. The van der Waals surface area contributed by atoms with Crippen molar-refractivity contribution >= 4 is 29.2 Å². The lowest BCUT2D eigenvalue weighted by Gasteiger charge is -2.44. The van der Waals surface area contributed by atoms with Crippen molar-refractivity contribution in [2.75, 3.05) is 29.9 Å². The van der Waals surface area contributed by atoms with Crippen LogP contribution in [0.25, 0.3) is 0 Å². The Balaban J connectivity index is 1.23. The number of hydrogen-bond acceptors (Lipinski definition) is 5. The molecule has 1 aromatic carbocycles. The number of fused-ring (bicyclic) bond motifs is 4. The second-order valence-electron chi connectivity index (χ2n) is 8.99. The molecule has 2 amide bonds. The number of benzene rings is 1. The lowest BCUT2D eigenvalue weighted by atomic mass is 9.78. The molecule has 7 heteroatoms. The summed E-state index contributed by atoms with van der Waals surface area (Å²) < 4.78 is 5.37. The van der Waals surface area contributed by atoms with E-state index in [-0.39, 0.29) is 24.5 Å². The van der Waals surface area contributed by atoms with E-state index in [4.69, 9.17) is 4.74 Å². The van der Waals surface area contributed by atoms with E-state index in [0.717, 1.165) is 44.5 Å². The number of rotatable bonds is 3. The van der Waals surface area contributed by atoms with Crippen molar-refractivity contribution in [2.45, 2.75) is 63.5 Å². The first kappa shape index (κ1) is 19.4. The van der Waals surface area contributed by atoms with Gasteiger partial charge in [-0.3, -0.25) is 9.59 Å². The summed E-state index contributed by atoms with van der Waals surface area (Å²) in [6.07, 6.45) is 8.77. The topological polar surface area (TPSA) is 79.0 Å². The fourth-order valence-electron chi connectivity index (χ4n) is 5.79. The average Bonchev–Trinajstić information content (AvgIpc) is 3.27. The first-order valence-corrected chi connectivity index (χ1v) is 11.3. The van der Waals surface area contributed by atoms with Crippen molar-refractivity contribution in [1.29, 1.82) is 0 Å². The number of carbonyl (C=O) groups is 3. The maximum absolute atomic E-state index is 12.8. The molecule has 2 saturated heterocycles. The largest absolute Gasteiger partial charge is 0.452 e. The van der Waals surface area contributed by atoms with E-state index in [9.17, 15) is 14.4 Å². The van der Waals surface area contributed by atoms with Crippen LogP contribution in [0.2, 0.25) is 0 Å². The minimum Gasteiger partial charge on any atom is -0.452 e. The van der Waals surface area contributed by atoms with Gasteiger partial charge in [0.15, 0.2) is 6.61 Å². The molecule has 0 radical (unpaired) electrons. The molecule has 1 aliphatic carbocycles. The number of nitrogens with one attached hydrogen (secondary N) is 1. The summed E-state index contributed by atoms with van der Waals surface area (Å²) in [7, 11) is 0. The van der Waals surface area contributed by atoms with Gasteiger partial charge in [-0.15, -0.1) is 0 Å². The van der Waals surface area contributed by atoms with E-state index in [1.165, 1.54) is 25.7 Å². The van der Waals surface area contributed by atoms with E-state index >= 15 is 0 Å². The Kier molecular flexibility index (Phi) is 5.13. The number of likely N-dealkylation sites (tertiary alicyclic amines) is 1. The third-order valence-corrected chi connectivity index (χ3v) is 7.25. The number of anilines is 2. The second-order valence-corrected chi connectivity index (χ2v) is 8.99. The maximum Gasteiger partial charge on any atom is 0.338 e. The van der Waals surface area contributed by atoms with Crippen LogP contribution in [0.4, 0.5) is 11.4 Å². The summed E-state index contributed by atoms with van der Waals surface area (Å²) in [4.78, 5) is 41.7. The second kappa shape index (κ2) is 7.93. The summed E-state index contributed by atoms with van der Waals surface area (Å²) >= 11 is 0. The van der Waals surface area contributed by atoms with Gasteiger partial charge >= 0.3 is 5.97 Å². The highest BCUT2D eigenvalue weighted by molar-refractivity contribution is 6.05. The molecule has 0 bridgehead atoms. The fourth-order valence-corrected chi connectivity index (χ4v) is 5.79. The van der Waals surface area contributed by atoms with E-state index in [1.54, 1.807) is 12.1 Å². The smallest absolute Gasteiger partial charge is 0.338 e. The monoisotopic (exact) mass is 411 g/mol.